The molecule has 0 radical (unpaired) electrons. The van der Waals surface area contributed by atoms with Crippen LogP contribution >= 0.6 is 0 Å². The van der Waals surface area contributed by atoms with E-state index >= 15 is 0 Å². The molecule has 188 valence electrons. The van der Waals surface area contributed by atoms with E-state index in [1.54, 1.807) is 0 Å². The highest BCUT2D eigenvalue weighted by molar-refractivity contribution is 6.27. The zero-order valence-electron chi connectivity index (χ0n) is 19.8. The van der Waals surface area contributed by atoms with E-state index < -0.39 is 11.9 Å². The summed E-state index contributed by atoms with van der Waals surface area (Å²) in [4.78, 5) is 26.1. The SMILES string of the molecule is O=C(O)C(=O)O.c1ccc(CN2CCC(N3CCN(Cc4ccc5c(c4)OCO5)CC3)CC2)cc1. The van der Waals surface area contributed by atoms with E-state index in [1.807, 2.05) is 6.07 Å². The van der Waals surface area contributed by atoms with Crippen LogP contribution in [0, 0.1) is 0 Å². The lowest BCUT2D eigenvalue weighted by molar-refractivity contribution is -0.159. The summed E-state index contributed by atoms with van der Waals surface area (Å²) in [6, 6.07) is 18.0. The molecule has 9 heteroatoms. The van der Waals surface area contributed by atoms with Crippen molar-refractivity contribution in [3.05, 3.63) is 59.7 Å². The fourth-order valence-electron chi connectivity index (χ4n) is 4.87. The third kappa shape index (κ3) is 7.17. The van der Waals surface area contributed by atoms with Gasteiger partial charge in [0.25, 0.3) is 0 Å². The maximum absolute atomic E-state index is 9.10. The van der Waals surface area contributed by atoms with Crippen LogP contribution < -0.4 is 9.47 Å². The maximum atomic E-state index is 9.10. The van der Waals surface area contributed by atoms with Crippen molar-refractivity contribution in [3.63, 3.8) is 0 Å². The molecule has 9 nitrogen and oxygen atoms in total. The van der Waals surface area contributed by atoms with Crippen molar-refractivity contribution >= 4 is 11.9 Å². The number of ether oxygens (including phenoxy) is 2. The molecule has 2 N–H and O–H groups in total. The van der Waals surface area contributed by atoms with Crippen molar-refractivity contribution in [2.24, 2.45) is 0 Å². The minimum absolute atomic E-state index is 0.349. The van der Waals surface area contributed by atoms with Gasteiger partial charge >= 0.3 is 11.9 Å². The minimum atomic E-state index is -1.82. The predicted octanol–water partition coefficient (Wildman–Crippen LogP) is 2.35. The topological polar surface area (TPSA) is 103 Å². The number of piperazine rings is 1. The summed E-state index contributed by atoms with van der Waals surface area (Å²) in [6.45, 7) is 9.56. The molecule has 3 heterocycles. The number of likely N-dealkylation sites (tertiary alicyclic amines) is 1. The highest BCUT2D eigenvalue weighted by atomic mass is 16.7. The molecule has 0 aromatic heterocycles. The van der Waals surface area contributed by atoms with Gasteiger partial charge in [0.15, 0.2) is 11.5 Å². The first kappa shape index (κ1) is 25.0. The van der Waals surface area contributed by atoms with Crippen LogP contribution in [0.2, 0.25) is 0 Å². The zero-order valence-corrected chi connectivity index (χ0v) is 19.8. The Morgan fingerprint density at radius 3 is 2.00 bits per heavy atom. The summed E-state index contributed by atoms with van der Waals surface area (Å²) in [5.74, 6) is -1.88. The molecule has 0 unspecified atom stereocenters. The Morgan fingerprint density at radius 2 is 1.34 bits per heavy atom. The Kier molecular flexibility index (Phi) is 8.57. The van der Waals surface area contributed by atoms with Gasteiger partial charge in [0, 0.05) is 45.3 Å². The average Bonchev–Trinajstić information content (AvgIpc) is 3.34. The third-order valence-corrected chi connectivity index (χ3v) is 6.76. The van der Waals surface area contributed by atoms with Gasteiger partial charge in [-0.2, -0.15) is 0 Å². The normalized spacial score (nSPS) is 19.1. The molecule has 0 saturated carbocycles. The first-order valence-corrected chi connectivity index (χ1v) is 12.1. The van der Waals surface area contributed by atoms with E-state index in [0.29, 0.717) is 6.79 Å². The number of carboxylic acid groups (broad SMARTS) is 2. The number of carboxylic acids is 2. The van der Waals surface area contributed by atoms with Crippen molar-refractivity contribution in [1.82, 2.24) is 14.7 Å². The second-order valence-electron chi connectivity index (χ2n) is 9.10. The lowest BCUT2D eigenvalue weighted by Crippen LogP contribution is -2.52. The van der Waals surface area contributed by atoms with Gasteiger partial charge in [0.05, 0.1) is 0 Å². The zero-order chi connectivity index (χ0) is 24.6. The molecular formula is C26H33N3O6. The van der Waals surface area contributed by atoms with Crippen molar-refractivity contribution in [3.8, 4) is 11.5 Å². The fourth-order valence-corrected chi connectivity index (χ4v) is 4.87. The van der Waals surface area contributed by atoms with Crippen LogP contribution in [-0.2, 0) is 22.7 Å². The fraction of sp³-hybridized carbons (Fsp3) is 0.462. The summed E-state index contributed by atoms with van der Waals surface area (Å²) in [7, 11) is 0. The molecule has 3 aliphatic heterocycles. The van der Waals surface area contributed by atoms with E-state index in [2.05, 4.69) is 57.2 Å². The van der Waals surface area contributed by atoms with Gasteiger partial charge in [-0.25, -0.2) is 9.59 Å². The number of fused-ring (bicyclic) bond motifs is 1. The molecule has 0 spiro atoms. The van der Waals surface area contributed by atoms with Gasteiger partial charge in [0.1, 0.15) is 0 Å². The number of carbonyl (C=O) groups is 2. The molecule has 3 aliphatic rings. The second-order valence-corrected chi connectivity index (χ2v) is 9.10. The molecule has 2 aromatic carbocycles. The number of piperidine rings is 1. The smallest absolute Gasteiger partial charge is 0.414 e. The van der Waals surface area contributed by atoms with E-state index in [0.717, 1.165) is 43.7 Å². The Bertz CT molecular complexity index is 974. The van der Waals surface area contributed by atoms with E-state index in [-0.39, 0.29) is 0 Å². The van der Waals surface area contributed by atoms with Crippen molar-refractivity contribution < 1.29 is 29.3 Å². The first-order valence-electron chi connectivity index (χ1n) is 12.1. The predicted molar refractivity (Wildman–Crippen MR) is 129 cm³/mol. The maximum Gasteiger partial charge on any atom is 0.414 e. The van der Waals surface area contributed by atoms with Crippen LogP contribution in [0.25, 0.3) is 0 Å². The number of hydrogen-bond donors (Lipinski definition) is 2. The average molecular weight is 484 g/mol. The molecule has 0 bridgehead atoms. The van der Waals surface area contributed by atoms with E-state index in [9.17, 15) is 0 Å². The van der Waals surface area contributed by atoms with Gasteiger partial charge in [-0.3, -0.25) is 14.7 Å². The lowest BCUT2D eigenvalue weighted by atomic mass is 10.0. The van der Waals surface area contributed by atoms with Crippen LogP contribution in [0.15, 0.2) is 48.5 Å². The highest BCUT2D eigenvalue weighted by Gasteiger charge is 2.27. The third-order valence-electron chi connectivity index (χ3n) is 6.76. The van der Waals surface area contributed by atoms with Crippen LogP contribution in [0.1, 0.15) is 24.0 Å². The summed E-state index contributed by atoms with van der Waals surface area (Å²) >= 11 is 0. The lowest BCUT2D eigenvalue weighted by Gasteiger charge is -2.42. The van der Waals surface area contributed by atoms with Crippen LogP contribution in [0.4, 0.5) is 0 Å². The second kappa shape index (κ2) is 12.0. The standard InChI is InChI=1S/C24H31N3O2.C2H2O4/c1-2-4-20(5-3-1)17-25-10-8-22(9-11-25)27-14-12-26(13-15-27)18-21-6-7-23-24(16-21)29-19-28-23;3-1(4)2(5)6/h1-7,16,22H,8-15,17-19H2;(H,3,4)(H,5,6). The molecule has 2 fully saturated rings. The first-order chi connectivity index (χ1) is 17.0. The van der Waals surface area contributed by atoms with Gasteiger partial charge in [-0.1, -0.05) is 36.4 Å². The summed E-state index contributed by atoms with van der Waals surface area (Å²) in [5.41, 5.74) is 2.75. The minimum Gasteiger partial charge on any atom is -0.473 e. The van der Waals surface area contributed by atoms with Gasteiger partial charge in [-0.15, -0.1) is 0 Å². The summed E-state index contributed by atoms with van der Waals surface area (Å²) in [5, 5.41) is 14.8. The molecule has 0 amide bonds. The van der Waals surface area contributed by atoms with Crippen molar-refractivity contribution in [1.29, 1.82) is 0 Å². The molecule has 5 rings (SSSR count). The Labute approximate surface area is 205 Å². The van der Waals surface area contributed by atoms with E-state index in [4.69, 9.17) is 29.3 Å². The van der Waals surface area contributed by atoms with Crippen LogP contribution in [0.3, 0.4) is 0 Å². The number of hydrogen-bond acceptors (Lipinski definition) is 7. The summed E-state index contributed by atoms with van der Waals surface area (Å²) in [6.07, 6.45) is 2.60. The molecule has 35 heavy (non-hydrogen) atoms. The molecule has 2 saturated heterocycles. The number of benzene rings is 2. The van der Waals surface area contributed by atoms with Crippen LogP contribution in [0.5, 0.6) is 11.5 Å². The Morgan fingerprint density at radius 1 is 0.743 bits per heavy atom. The molecule has 2 aromatic rings. The largest absolute Gasteiger partial charge is 0.473 e. The number of aliphatic carboxylic acids is 2. The summed E-state index contributed by atoms with van der Waals surface area (Å²) < 4.78 is 10.9. The molecule has 0 aliphatic carbocycles. The quantitative estimate of drug-likeness (QED) is 0.621. The van der Waals surface area contributed by atoms with Crippen LogP contribution in [-0.4, -0.2) is 89.0 Å². The van der Waals surface area contributed by atoms with Gasteiger partial charge < -0.3 is 19.7 Å². The van der Waals surface area contributed by atoms with Gasteiger partial charge in [0.2, 0.25) is 6.79 Å². The monoisotopic (exact) mass is 483 g/mol. The molecule has 0 atom stereocenters. The van der Waals surface area contributed by atoms with Gasteiger partial charge in [-0.05, 0) is 49.2 Å². The van der Waals surface area contributed by atoms with Crippen molar-refractivity contribution in [2.75, 3.05) is 46.1 Å². The Balaban J connectivity index is 0.000000431. The van der Waals surface area contributed by atoms with E-state index in [1.165, 1.54) is 50.1 Å². The number of rotatable bonds is 5. The molecular weight excluding hydrogens is 450 g/mol. The number of nitrogens with zero attached hydrogens (tertiary/aromatic N) is 3. The highest BCUT2D eigenvalue weighted by Crippen LogP contribution is 2.33. The van der Waals surface area contributed by atoms with Crippen molar-refractivity contribution in [2.45, 2.75) is 32.0 Å². The Hall–Kier alpha value is -3.14.